The average molecular weight is 495 g/mol. The lowest BCUT2D eigenvalue weighted by atomic mass is 10.2. The molecule has 1 fully saturated rings. The van der Waals surface area contributed by atoms with Gasteiger partial charge >= 0.3 is 12.0 Å². The predicted octanol–water partition coefficient (Wildman–Crippen LogP) is 4.04. The van der Waals surface area contributed by atoms with Crippen molar-refractivity contribution in [3.8, 4) is 11.6 Å². The quantitative estimate of drug-likeness (QED) is 0.339. The van der Waals surface area contributed by atoms with Gasteiger partial charge in [0.2, 0.25) is 5.88 Å². The molecular formula is C23H31FN4O5S. The van der Waals surface area contributed by atoms with Crippen molar-refractivity contribution in [2.24, 2.45) is 0 Å². The topological polar surface area (TPSA) is 102 Å². The summed E-state index contributed by atoms with van der Waals surface area (Å²) in [6.07, 6.45) is 4.39. The van der Waals surface area contributed by atoms with Crippen molar-refractivity contribution < 1.29 is 28.2 Å². The molecule has 9 nitrogen and oxygen atoms in total. The van der Waals surface area contributed by atoms with Gasteiger partial charge in [0.05, 0.1) is 13.7 Å². The number of carbonyl (C=O) groups excluding carboxylic acids is 2. The van der Waals surface area contributed by atoms with Crippen LogP contribution in [0.2, 0.25) is 0 Å². The number of esters is 1. The molecule has 186 valence electrons. The first-order valence-electron chi connectivity index (χ1n) is 11.4. The highest BCUT2D eigenvalue weighted by Gasteiger charge is 2.25. The van der Waals surface area contributed by atoms with Crippen LogP contribution in [0.4, 0.5) is 14.2 Å². The van der Waals surface area contributed by atoms with E-state index in [1.807, 2.05) is 6.92 Å². The van der Waals surface area contributed by atoms with E-state index in [1.165, 1.54) is 38.2 Å². The summed E-state index contributed by atoms with van der Waals surface area (Å²) in [5.74, 6) is -0.721. The zero-order valence-electron chi connectivity index (χ0n) is 19.5. The maximum Gasteiger partial charge on any atom is 0.346 e. The van der Waals surface area contributed by atoms with Gasteiger partial charge in [-0.25, -0.2) is 14.0 Å². The summed E-state index contributed by atoms with van der Waals surface area (Å²) in [6, 6.07) is 3.89. The minimum absolute atomic E-state index is 0.0157. The summed E-state index contributed by atoms with van der Waals surface area (Å²) in [5, 5.41) is 5.62. The van der Waals surface area contributed by atoms with Crippen LogP contribution in [0.1, 0.15) is 48.5 Å². The largest absolute Gasteiger partial charge is 0.494 e. The van der Waals surface area contributed by atoms with Crippen LogP contribution >= 0.6 is 11.5 Å². The van der Waals surface area contributed by atoms with Crippen LogP contribution in [0.3, 0.4) is 0 Å². The lowest BCUT2D eigenvalue weighted by molar-refractivity contribution is 0.0596. The van der Waals surface area contributed by atoms with Gasteiger partial charge in [-0.3, -0.25) is 5.32 Å². The second-order valence-corrected chi connectivity index (χ2v) is 8.57. The highest BCUT2D eigenvalue weighted by atomic mass is 32.1. The van der Waals surface area contributed by atoms with Crippen molar-refractivity contribution >= 4 is 28.5 Å². The number of anilines is 1. The Hall–Kier alpha value is -2.92. The number of urea groups is 1. The molecule has 1 saturated heterocycles. The van der Waals surface area contributed by atoms with Crippen molar-refractivity contribution in [2.45, 2.75) is 39.2 Å². The van der Waals surface area contributed by atoms with Gasteiger partial charge in [-0.15, -0.1) is 0 Å². The summed E-state index contributed by atoms with van der Waals surface area (Å²) >= 11 is 0.886. The molecule has 0 radical (unpaired) electrons. The molecule has 34 heavy (non-hydrogen) atoms. The molecule has 0 unspecified atom stereocenters. The molecule has 2 N–H and O–H groups in total. The van der Waals surface area contributed by atoms with Crippen LogP contribution in [0, 0.1) is 5.82 Å². The Balaban J connectivity index is 1.55. The van der Waals surface area contributed by atoms with E-state index in [-0.39, 0.29) is 28.6 Å². The molecule has 1 aliphatic heterocycles. The third-order valence-electron chi connectivity index (χ3n) is 5.36. The average Bonchev–Trinajstić information content (AvgIpc) is 3.49. The van der Waals surface area contributed by atoms with Gasteiger partial charge in [0.1, 0.15) is 23.2 Å². The third-order valence-corrected chi connectivity index (χ3v) is 6.10. The number of amides is 2. The molecule has 0 atom stereocenters. The number of hydrogen-bond donors (Lipinski definition) is 2. The van der Waals surface area contributed by atoms with Gasteiger partial charge < -0.3 is 24.4 Å². The van der Waals surface area contributed by atoms with Crippen molar-refractivity contribution in [1.29, 1.82) is 0 Å². The molecule has 1 aromatic heterocycles. The molecule has 2 amide bonds. The maximum atomic E-state index is 14.2. The van der Waals surface area contributed by atoms with E-state index in [4.69, 9.17) is 14.2 Å². The van der Waals surface area contributed by atoms with E-state index in [9.17, 15) is 14.0 Å². The Morgan fingerprint density at radius 1 is 1.21 bits per heavy atom. The number of likely N-dealkylation sites (tertiary alicyclic amines) is 1. The van der Waals surface area contributed by atoms with Crippen LogP contribution in [0.5, 0.6) is 11.6 Å². The van der Waals surface area contributed by atoms with Crippen LogP contribution in [0.25, 0.3) is 0 Å². The van der Waals surface area contributed by atoms with E-state index >= 15 is 0 Å². The van der Waals surface area contributed by atoms with Gasteiger partial charge in [-0.05, 0) is 82.0 Å². The Labute approximate surface area is 202 Å². The number of ether oxygens (including phenoxy) is 3. The fourth-order valence-corrected chi connectivity index (χ4v) is 4.34. The monoisotopic (exact) mass is 494 g/mol. The standard InChI is InChI=1S/C23H31FN4O5S/c1-3-32-17-8-9-18(24)16(14-17)15-33-20-19(22(29)31-2)21(34-27-20)26-23(30)25-10-4-5-11-28-12-6-7-13-28/h8-9,14H,3-7,10-13,15H2,1-2H3,(H2,25,26,30). The molecule has 0 spiro atoms. The molecule has 0 bridgehead atoms. The first kappa shape index (κ1) is 25.7. The van der Waals surface area contributed by atoms with Gasteiger partial charge in [-0.1, -0.05) is 0 Å². The molecule has 3 rings (SSSR count). The number of carbonyl (C=O) groups is 2. The predicted molar refractivity (Wildman–Crippen MR) is 127 cm³/mol. The van der Waals surface area contributed by atoms with Crippen molar-refractivity contribution in [1.82, 2.24) is 14.6 Å². The van der Waals surface area contributed by atoms with Crippen molar-refractivity contribution in [2.75, 3.05) is 45.2 Å². The number of benzene rings is 1. The van der Waals surface area contributed by atoms with Gasteiger partial charge in [-0.2, -0.15) is 4.37 Å². The normalized spacial score (nSPS) is 13.5. The zero-order chi connectivity index (χ0) is 24.3. The first-order chi connectivity index (χ1) is 16.5. The number of methoxy groups -OCH3 is 1. The Bertz CT molecular complexity index is 965. The van der Waals surface area contributed by atoms with E-state index in [0.29, 0.717) is 18.9 Å². The number of aromatic nitrogens is 1. The second-order valence-electron chi connectivity index (χ2n) is 7.80. The number of hydrogen-bond acceptors (Lipinski definition) is 8. The Kier molecular flexibility index (Phi) is 9.89. The van der Waals surface area contributed by atoms with Crippen molar-refractivity contribution in [3.63, 3.8) is 0 Å². The van der Waals surface area contributed by atoms with Crippen LogP contribution in [-0.4, -0.2) is 61.2 Å². The molecule has 11 heteroatoms. The summed E-state index contributed by atoms with van der Waals surface area (Å²) in [6.45, 7) is 5.97. The minimum atomic E-state index is -0.715. The number of nitrogens with zero attached hydrogens (tertiary/aromatic N) is 2. The lowest BCUT2D eigenvalue weighted by Crippen LogP contribution is -2.30. The molecule has 2 aromatic rings. The number of rotatable bonds is 12. The van der Waals surface area contributed by atoms with Crippen LogP contribution in [-0.2, 0) is 11.3 Å². The molecule has 1 aliphatic rings. The summed E-state index contributed by atoms with van der Waals surface area (Å²) in [5.41, 5.74) is 0.231. The Morgan fingerprint density at radius 3 is 2.74 bits per heavy atom. The van der Waals surface area contributed by atoms with E-state index in [1.54, 1.807) is 0 Å². The molecular weight excluding hydrogens is 463 g/mol. The first-order valence-corrected chi connectivity index (χ1v) is 12.2. The third kappa shape index (κ3) is 7.29. The lowest BCUT2D eigenvalue weighted by Gasteiger charge is -2.14. The zero-order valence-corrected chi connectivity index (χ0v) is 20.3. The maximum absolute atomic E-state index is 14.2. The van der Waals surface area contributed by atoms with Gasteiger partial charge in [0, 0.05) is 12.1 Å². The number of halogens is 1. The smallest absolute Gasteiger partial charge is 0.346 e. The van der Waals surface area contributed by atoms with Crippen LogP contribution < -0.4 is 20.1 Å². The highest BCUT2D eigenvalue weighted by molar-refractivity contribution is 7.11. The molecule has 1 aromatic carbocycles. The van der Waals surface area contributed by atoms with Gasteiger partial charge in [0.25, 0.3) is 0 Å². The highest BCUT2D eigenvalue weighted by Crippen LogP contribution is 2.32. The SMILES string of the molecule is CCOc1ccc(F)c(COc2nsc(NC(=O)NCCCCN3CCCC3)c2C(=O)OC)c1. The molecule has 0 saturated carbocycles. The Morgan fingerprint density at radius 2 is 2.00 bits per heavy atom. The van der Waals surface area contributed by atoms with E-state index in [2.05, 4.69) is 19.9 Å². The number of nitrogens with one attached hydrogen (secondary N) is 2. The van der Waals surface area contributed by atoms with Crippen LogP contribution in [0.15, 0.2) is 18.2 Å². The molecule has 0 aliphatic carbocycles. The summed E-state index contributed by atoms with van der Waals surface area (Å²) < 4.78 is 34.1. The fraction of sp³-hybridized carbons (Fsp3) is 0.522. The summed E-state index contributed by atoms with van der Waals surface area (Å²) in [7, 11) is 1.22. The summed E-state index contributed by atoms with van der Waals surface area (Å²) in [4.78, 5) is 27.1. The number of unbranched alkanes of at least 4 members (excludes halogenated alkanes) is 1. The van der Waals surface area contributed by atoms with Crippen molar-refractivity contribution in [3.05, 3.63) is 35.1 Å². The van der Waals surface area contributed by atoms with E-state index < -0.39 is 17.8 Å². The van der Waals surface area contributed by atoms with Gasteiger partial charge in [0.15, 0.2) is 5.56 Å². The molecule has 2 heterocycles. The minimum Gasteiger partial charge on any atom is -0.494 e. The second kappa shape index (κ2) is 13.1. The fourth-order valence-electron chi connectivity index (χ4n) is 3.62. The van der Waals surface area contributed by atoms with E-state index in [0.717, 1.165) is 44.0 Å².